The van der Waals surface area contributed by atoms with Gasteiger partial charge in [-0.3, -0.25) is 19.2 Å². The Balaban J connectivity index is 0.000000161. The van der Waals surface area contributed by atoms with Crippen LogP contribution in [0.25, 0.3) is 0 Å². The summed E-state index contributed by atoms with van der Waals surface area (Å²) < 4.78 is 43.7. The molecule has 4 aliphatic rings. The topological polar surface area (TPSA) is 210 Å². The van der Waals surface area contributed by atoms with Gasteiger partial charge in [-0.15, -0.1) is 0 Å². The van der Waals surface area contributed by atoms with Crippen LogP contribution in [0.4, 0.5) is 0 Å². The normalized spacial score (nSPS) is 19.6. The zero-order chi connectivity index (χ0) is 74.1. The molecular formula is C88H96O16. The fourth-order valence-corrected chi connectivity index (χ4v) is 12.5. The smallest absolute Gasteiger partial charge is 0.343 e. The van der Waals surface area contributed by atoms with Gasteiger partial charge in [0.1, 0.15) is 46.7 Å². The van der Waals surface area contributed by atoms with Gasteiger partial charge in [-0.05, 0) is 277 Å². The molecule has 0 N–H and O–H groups in total. The largest absolute Gasteiger partial charge is 0.459 e. The van der Waals surface area contributed by atoms with E-state index >= 15 is 0 Å². The minimum absolute atomic E-state index is 0.00904. The van der Waals surface area contributed by atoms with Crippen molar-refractivity contribution in [2.24, 2.45) is 35.5 Å². The minimum Gasteiger partial charge on any atom is -0.459 e. The molecule has 0 unspecified atom stereocenters. The molecule has 104 heavy (non-hydrogen) atoms. The van der Waals surface area contributed by atoms with Gasteiger partial charge >= 0.3 is 47.8 Å². The fourth-order valence-electron chi connectivity index (χ4n) is 12.5. The van der Waals surface area contributed by atoms with Crippen molar-refractivity contribution in [1.82, 2.24) is 0 Å². The van der Waals surface area contributed by atoms with Crippen LogP contribution < -0.4 is 28.4 Å². The van der Waals surface area contributed by atoms with Crippen molar-refractivity contribution in [2.75, 3.05) is 0 Å². The second-order valence-electron chi connectivity index (χ2n) is 28.2. The lowest BCUT2D eigenvalue weighted by atomic mass is 9.82. The fraction of sp³-hybridized carbons (Fsp3) is 0.364. The highest BCUT2D eigenvalue weighted by molar-refractivity contribution is 5.92. The van der Waals surface area contributed by atoms with E-state index in [4.69, 9.17) is 37.9 Å². The Morgan fingerprint density at radius 3 is 0.635 bits per heavy atom. The van der Waals surface area contributed by atoms with Crippen LogP contribution in [0.5, 0.6) is 34.5 Å². The summed E-state index contributed by atoms with van der Waals surface area (Å²) in [6, 6.07) is 57.2. The Bertz CT molecular complexity index is 3960. The van der Waals surface area contributed by atoms with E-state index in [0.29, 0.717) is 120 Å². The predicted molar refractivity (Wildman–Crippen MR) is 397 cm³/mol. The standard InChI is InChI=1S/4C22H24O4/c1-15-3-11-19(12-4-15)25-21(23)17-7-9-18(10-8-17)22(24)26-20-13-5-16(2)6-14-20;1-15-3-7-17(8-4-15)21(23)26-20-13-9-18(10-14-20)22(24)25-19-11-5-16(2)6-12-19;2*1-15-3-7-17(8-4-15)21(23)25-19-11-13-20(14-12-19)26-22(24)18-9-5-16(2)6-10-18/h3-6,11-14,17-18H,7-10H2,1-2H3;5-6,9-15,17H,3-4,7-8H2,1-2H3;3-4,7-8,11-14,16,18H,5-6,9-10H2,1-2H3;3-10,19-20H,11-14H2,1-2H3. The molecule has 544 valence electrons. The Morgan fingerprint density at radius 1 is 0.221 bits per heavy atom. The minimum atomic E-state index is -0.437. The van der Waals surface area contributed by atoms with Crippen LogP contribution >= 0.6 is 0 Å². The molecule has 4 aliphatic carbocycles. The molecule has 16 heteroatoms. The highest BCUT2D eigenvalue weighted by Crippen LogP contribution is 2.34. The summed E-state index contributed by atoms with van der Waals surface area (Å²) in [5, 5.41) is 0. The zero-order valence-electron chi connectivity index (χ0n) is 60.9. The number of esters is 8. The van der Waals surface area contributed by atoms with Crippen molar-refractivity contribution in [2.45, 2.75) is 170 Å². The SMILES string of the molecule is Cc1ccc(C(=O)OC2CCC(OC(=O)c3ccc(C)cc3)CC2)cc1.Cc1ccc(C(=O)Oc2ccc(OC(=O)C3CCC(C)CC3)cc2)cc1.Cc1ccc(OC(=O)C2CCC(C(=O)Oc3ccc(C)cc3)CC2)cc1.Cc1ccc(OC(=O)c2ccc(OC(=O)C3CCC(C)CC3)cc2)cc1. The van der Waals surface area contributed by atoms with Crippen LogP contribution in [0.3, 0.4) is 0 Å². The van der Waals surface area contributed by atoms with Gasteiger partial charge in [0.05, 0.1) is 45.9 Å². The summed E-state index contributed by atoms with van der Waals surface area (Å²) in [4.78, 5) is 97.8. The van der Waals surface area contributed by atoms with E-state index in [1.807, 2.05) is 114 Å². The molecular weight excluding hydrogens is 1310 g/mol. The molecule has 4 fully saturated rings. The number of aryl methyl sites for hydroxylation is 6. The van der Waals surface area contributed by atoms with E-state index in [-0.39, 0.29) is 71.7 Å². The third-order valence-electron chi connectivity index (χ3n) is 19.4. The van der Waals surface area contributed by atoms with Gasteiger partial charge in [-0.25, -0.2) is 19.2 Å². The molecule has 0 aromatic heterocycles. The van der Waals surface area contributed by atoms with Crippen LogP contribution in [0.2, 0.25) is 0 Å². The number of carbonyl (C=O) groups excluding carboxylic acids is 8. The summed E-state index contributed by atoms with van der Waals surface area (Å²) in [5.41, 5.74) is 8.70. The molecule has 4 saturated carbocycles. The van der Waals surface area contributed by atoms with Gasteiger partial charge in [0.2, 0.25) is 0 Å². The summed E-state index contributed by atoms with van der Waals surface area (Å²) in [6.07, 6.45) is 13.1. The van der Waals surface area contributed by atoms with E-state index in [1.54, 1.807) is 121 Å². The predicted octanol–water partition coefficient (Wildman–Crippen LogP) is 19.1. The molecule has 0 saturated heterocycles. The molecule has 8 aromatic carbocycles. The van der Waals surface area contributed by atoms with Crippen molar-refractivity contribution in [3.05, 3.63) is 250 Å². The van der Waals surface area contributed by atoms with Crippen LogP contribution in [0.15, 0.2) is 194 Å². The van der Waals surface area contributed by atoms with Gasteiger partial charge in [0.15, 0.2) is 0 Å². The number of rotatable bonds is 16. The molecule has 0 bridgehead atoms. The van der Waals surface area contributed by atoms with E-state index in [0.717, 1.165) is 84.7 Å². The Kier molecular flexibility index (Phi) is 28.9. The summed E-state index contributed by atoms with van der Waals surface area (Å²) in [6.45, 7) is 16.3. The number of carbonyl (C=O) groups is 8. The number of hydrogen-bond donors (Lipinski definition) is 0. The molecule has 16 nitrogen and oxygen atoms in total. The number of benzene rings is 8. The maximum Gasteiger partial charge on any atom is 0.343 e. The van der Waals surface area contributed by atoms with Crippen LogP contribution in [-0.2, 0) is 28.7 Å². The lowest BCUT2D eigenvalue weighted by molar-refractivity contribution is -0.145. The maximum atomic E-state index is 12.3. The second-order valence-corrected chi connectivity index (χ2v) is 28.2. The molecule has 0 atom stereocenters. The quantitative estimate of drug-likeness (QED) is 0.0650. The summed E-state index contributed by atoms with van der Waals surface area (Å²) in [7, 11) is 0. The van der Waals surface area contributed by atoms with Gasteiger partial charge in [-0.2, -0.15) is 0 Å². The molecule has 0 aliphatic heterocycles. The van der Waals surface area contributed by atoms with E-state index < -0.39 is 11.9 Å². The molecule has 0 spiro atoms. The third-order valence-corrected chi connectivity index (χ3v) is 19.4. The Hall–Kier alpha value is -10.5. The first-order valence-corrected chi connectivity index (χ1v) is 36.4. The number of ether oxygens (including phenoxy) is 8. The first kappa shape index (κ1) is 77.7. The molecule has 0 heterocycles. The van der Waals surface area contributed by atoms with Crippen molar-refractivity contribution < 1.29 is 76.3 Å². The average molecular weight is 1410 g/mol. The highest BCUT2D eigenvalue weighted by Gasteiger charge is 2.33. The van der Waals surface area contributed by atoms with E-state index in [2.05, 4.69) is 13.8 Å². The van der Waals surface area contributed by atoms with Crippen LogP contribution in [-0.4, -0.2) is 60.0 Å². The molecule has 0 radical (unpaired) electrons. The monoisotopic (exact) mass is 1410 g/mol. The Morgan fingerprint density at radius 2 is 0.394 bits per heavy atom. The highest BCUT2D eigenvalue weighted by atomic mass is 16.6. The van der Waals surface area contributed by atoms with Crippen molar-refractivity contribution in [3.8, 4) is 34.5 Å². The maximum absolute atomic E-state index is 12.3. The first-order chi connectivity index (χ1) is 50.0. The second kappa shape index (κ2) is 38.7. The lowest BCUT2D eigenvalue weighted by Crippen LogP contribution is -2.30. The van der Waals surface area contributed by atoms with Crippen LogP contribution in [0, 0.1) is 77.0 Å². The molecule has 8 aromatic rings. The van der Waals surface area contributed by atoms with E-state index in [9.17, 15) is 38.4 Å². The van der Waals surface area contributed by atoms with Crippen LogP contribution in [0.1, 0.15) is 191 Å². The average Bonchev–Trinajstić information content (AvgIpc) is 0.874. The van der Waals surface area contributed by atoms with Gasteiger partial charge in [0, 0.05) is 0 Å². The number of hydrogen-bond acceptors (Lipinski definition) is 16. The van der Waals surface area contributed by atoms with Crippen molar-refractivity contribution in [3.63, 3.8) is 0 Å². The van der Waals surface area contributed by atoms with Gasteiger partial charge in [0.25, 0.3) is 0 Å². The lowest BCUT2D eigenvalue weighted by Gasteiger charge is -2.28. The summed E-state index contributed by atoms with van der Waals surface area (Å²) in [5.74, 6) is 1.87. The Labute approximate surface area is 611 Å². The summed E-state index contributed by atoms with van der Waals surface area (Å²) >= 11 is 0. The van der Waals surface area contributed by atoms with Crippen molar-refractivity contribution in [1.29, 1.82) is 0 Å². The van der Waals surface area contributed by atoms with Gasteiger partial charge in [-0.1, -0.05) is 120 Å². The molecule has 0 amide bonds. The van der Waals surface area contributed by atoms with E-state index in [1.165, 1.54) is 0 Å². The third kappa shape index (κ3) is 24.9. The first-order valence-electron chi connectivity index (χ1n) is 36.4. The van der Waals surface area contributed by atoms with Gasteiger partial charge < -0.3 is 37.9 Å². The zero-order valence-corrected chi connectivity index (χ0v) is 60.9. The van der Waals surface area contributed by atoms with Crippen molar-refractivity contribution >= 4 is 47.8 Å². The molecule has 12 rings (SSSR count).